The van der Waals surface area contributed by atoms with Gasteiger partial charge in [0.1, 0.15) is 0 Å². The van der Waals surface area contributed by atoms with Gasteiger partial charge in [-0.1, -0.05) is 6.92 Å². The number of benzene rings is 2. The molecule has 150 valence electrons. The van der Waals surface area contributed by atoms with Gasteiger partial charge >= 0.3 is 5.97 Å². The minimum atomic E-state index is -0.598. The number of hydrogen-bond donors (Lipinski definition) is 0. The average Bonchev–Trinajstić information content (AvgIpc) is 3.07. The van der Waals surface area contributed by atoms with Gasteiger partial charge in [0, 0.05) is 17.7 Å². The van der Waals surface area contributed by atoms with E-state index in [1.54, 1.807) is 19.3 Å². The number of methoxy groups -OCH3 is 1. The van der Waals surface area contributed by atoms with E-state index >= 15 is 0 Å². The fraction of sp³-hybridized carbons (Fsp3) is 0.200. The molecule has 0 radical (unpaired) electrons. The van der Waals surface area contributed by atoms with Gasteiger partial charge in [0.25, 0.3) is 5.69 Å². The molecule has 0 saturated carbocycles. The maximum absolute atomic E-state index is 12.2. The van der Waals surface area contributed by atoms with Crippen LogP contribution < -0.4 is 9.47 Å². The van der Waals surface area contributed by atoms with Gasteiger partial charge in [0.2, 0.25) is 5.90 Å². The predicted octanol–water partition coefficient (Wildman–Crippen LogP) is 4.34. The van der Waals surface area contributed by atoms with Crippen LogP contribution >= 0.6 is 22.6 Å². The number of rotatable bonds is 7. The highest BCUT2D eigenvalue weighted by molar-refractivity contribution is 14.1. The number of cyclic esters (lactones) is 1. The van der Waals surface area contributed by atoms with Gasteiger partial charge in [-0.25, -0.2) is 9.79 Å². The number of carbonyl (C=O) groups excluding carboxylic acids is 1. The van der Waals surface area contributed by atoms with E-state index in [1.807, 2.05) is 13.0 Å². The van der Waals surface area contributed by atoms with Crippen LogP contribution in [0.4, 0.5) is 5.69 Å². The lowest BCUT2D eigenvalue weighted by molar-refractivity contribution is -0.384. The van der Waals surface area contributed by atoms with Crippen molar-refractivity contribution in [1.82, 2.24) is 0 Å². The van der Waals surface area contributed by atoms with Crippen LogP contribution in [0.5, 0.6) is 11.5 Å². The van der Waals surface area contributed by atoms with Crippen molar-refractivity contribution in [2.75, 3.05) is 13.7 Å². The average molecular weight is 508 g/mol. The summed E-state index contributed by atoms with van der Waals surface area (Å²) < 4.78 is 17.2. The molecule has 0 aliphatic carbocycles. The minimum absolute atomic E-state index is 0.0542. The van der Waals surface area contributed by atoms with Crippen LogP contribution in [0, 0.1) is 13.7 Å². The third kappa shape index (κ3) is 4.73. The molecule has 0 unspecified atom stereocenters. The molecule has 3 rings (SSSR count). The number of ether oxygens (including phenoxy) is 3. The molecule has 9 heteroatoms. The zero-order valence-corrected chi connectivity index (χ0v) is 17.8. The van der Waals surface area contributed by atoms with Gasteiger partial charge in [-0.3, -0.25) is 10.1 Å². The second-order valence-electron chi connectivity index (χ2n) is 6.02. The number of nitrogens with zero attached hydrogens (tertiary/aromatic N) is 2. The summed E-state index contributed by atoms with van der Waals surface area (Å²) in [5.74, 6) is 0.712. The molecule has 0 amide bonds. The standard InChI is InChI=1S/C20H17IN2O6/c1-3-8-28-18-15(21)9-12(11-17(18)27-2)10-16-20(24)29-19(22-16)13-4-6-14(7-5-13)23(25)26/h4-7,9-11H,3,8H2,1-2H3/b16-10-. The lowest BCUT2D eigenvalue weighted by Crippen LogP contribution is -2.05. The van der Waals surface area contributed by atoms with Crippen molar-refractivity contribution < 1.29 is 23.9 Å². The number of aliphatic imine (C=N–C) groups is 1. The molecule has 0 N–H and O–H groups in total. The van der Waals surface area contributed by atoms with Gasteiger partial charge < -0.3 is 14.2 Å². The van der Waals surface area contributed by atoms with Gasteiger partial charge in [-0.15, -0.1) is 0 Å². The molecule has 0 aromatic heterocycles. The molecule has 0 saturated heterocycles. The second-order valence-corrected chi connectivity index (χ2v) is 7.18. The Balaban J connectivity index is 1.90. The highest BCUT2D eigenvalue weighted by Gasteiger charge is 2.25. The topological polar surface area (TPSA) is 100 Å². The maximum Gasteiger partial charge on any atom is 0.363 e. The lowest BCUT2D eigenvalue weighted by atomic mass is 10.1. The highest BCUT2D eigenvalue weighted by Crippen LogP contribution is 2.35. The van der Waals surface area contributed by atoms with Crippen LogP contribution in [0.1, 0.15) is 24.5 Å². The third-order valence-electron chi connectivity index (χ3n) is 3.95. The Morgan fingerprint density at radius 1 is 1.28 bits per heavy atom. The summed E-state index contributed by atoms with van der Waals surface area (Å²) in [4.78, 5) is 26.7. The molecule has 2 aromatic carbocycles. The van der Waals surface area contributed by atoms with E-state index in [9.17, 15) is 14.9 Å². The largest absolute Gasteiger partial charge is 0.493 e. The van der Waals surface area contributed by atoms with Crippen molar-refractivity contribution in [2.24, 2.45) is 4.99 Å². The predicted molar refractivity (Wildman–Crippen MR) is 115 cm³/mol. The van der Waals surface area contributed by atoms with Crippen LogP contribution in [-0.2, 0) is 9.53 Å². The monoisotopic (exact) mass is 508 g/mol. The summed E-state index contributed by atoms with van der Waals surface area (Å²) in [5, 5.41) is 10.8. The van der Waals surface area contributed by atoms with Crippen molar-refractivity contribution in [1.29, 1.82) is 0 Å². The van der Waals surface area contributed by atoms with E-state index in [-0.39, 0.29) is 17.3 Å². The van der Waals surface area contributed by atoms with E-state index in [4.69, 9.17) is 14.2 Å². The second kappa shape index (κ2) is 9.03. The summed E-state index contributed by atoms with van der Waals surface area (Å²) in [6, 6.07) is 9.24. The van der Waals surface area contributed by atoms with Gasteiger partial charge in [-0.05, 0) is 64.9 Å². The lowest BCUT2D eigenvalue weighted by Gasteiger charge is -2.13. The minimum Gasteiger partial charge on any atom is -0.493 e. The summed E-state index contributed by atoms with van der Waals surface area (Å²) in [6.45, 7) is 2.59. The first-order valence-corrected chi connectivity index (χ1v) is 9.78. The molecule has 1 aliphatic rings. The van der Waals surface area contributed by atoms with Crippen LogP contribution in [0.15, 0.2) is 47.1 Å². The zero-order chi connectivity index (χ0) is 21.0. The number of non-ortho nitro benzene ring substituents is 1. The number of hydrogen-bond acceptors (Lipinski definition) is 7. The Kier molecular flexibility index (Phi) is 6.47. The number of nitro benzene ring substituents is 1. The SMILES string of the molecule is CCCOc1c(I)cc(/C=C2\N=C(c3ccc([N+](=O)[O-])cc3)OC2=O)cc1OC. The van der Waals surface area contributed by atoms with E-state index in [0.717, 1.165) is 9.99 Å². The first-order chi connectivity index (χ1) is 13.9. The van der Waals surface area contributed by atoms with Gasteiger partial charge in [0.15, 0.2) is 17.2 Å². The molecule has 0 spiro atoms. The van der Waals surface area contributed by atoms with Crippen LogP contribution in [0.3, 0.4) is 0 Å². The number of nitro groups is 1. The Morgan fingerprint density at radius 2 is 2.00 bits per heavy atom. The number of halogens is 1. The van der Waals surface area contributed by atoms with Gasteiger partial charge in [0.05, 0.1) is 22.2 Å². The molecule has 8 nitrogen and oxygen atoms in total. The molecule has 0 bridgehead atoms. The van der Waals surface area contributed by atoms with E-state index < -0.39 is 10.9 Å². The maximum atomic E-state index is 12.2. The molecule has 1 heterocycles. The molecule has 0 atom stereocenters. The fourth-order valence-corrected chi connectivity index (χ4v) is 3.36. The Bertz CT molecular complexity index is 1010. The number of carbonyl (C=O) groups is 1. The molecular formula is C20H17IN2O6. The Morgan fingerprint density at radius 3 is 2.62 bits per heavy atom. The third-order valence-corrected chi connectivity index (χ3v) is 4.75. The van der Waals surface area contributed by atoms with Crippen molar-refractivity contribution >= 4 is 46.2 Å². The van der Waals surface area contributed by atoms with E-state index in [0.29, 0.717) is 29.2 Å². The van der Waals surface area contributed by atoms with E-state index in [1.165, 1.54) is 24.3 Å². The van der Waals surface area contributed by atoms with Crippen LogP contribution in [-0.4, -0.2) is 30.5 Å². The zero-order valence-electron chi connectivity index (χ0n) is 15.7. The molecule has 0 fully saturated rings. The molecular weight excluding hydrogens is 491 g/mol. The summed E-state index contributed by atoms with van der Waals surface area (Å²) in [6.07, 6.45) is 2.46. The van der Waals surface area contributed by atoms with E-state index in [2.05, 4.69) is 27.6 Å². The summed E-state index contributed by atoms with van der Waals surface area (Å²) in [5.41, 5.74) is 1.25. The Labute approximate surface area is 180 Å². The van der Waals surface area contributed by atoms with Crippen molar-refractivity contribution in [3.05, 3.63) is 66.9 Å². The Hall–Kier alpha value is -2.95. The summed E-state index contributed by atoms with van der Waals surface area (Å²) >= 11 is 2.15. The summed E-state index contributed by atoms with van der Waals surface area (Å²) in [7, 11) is 1.55. The number of esters is 1. The molecule has 1 aliphatic heterocycles. The molecule has 2 aromatic rings. The van der Waals surface area contributed by atoms with Crippen molar-refractivity contribution in [3.63, 3.8) is 0 Å². The first kappa shape index (κ1) is 20.8. The van der Waals surface area contributed by atoms with Crippen molar-refractivity contribution in [2.45, 2.75) is 13.3 Å². The normalized spacial score (nSPS) is 14.5. The highest BCUT2D eigenvalue weighted by atomic mass is 127. The fourth-order valence-electron chi connectivity index (χ4n) is 2.58. The molecule has 29 heavy (non-hydrogen) atoms. The van der Waals surface area contributed by atoms with Gasteiger partial charge in [-0.2, -0.15) is 0 Å². The quantitative estimate of drug-likeness (QED) is 0.181. The van der Waals surface area contributed by atoms with Crippen LogP contribution in [0.25, 0.3) is 6.08 Å². The first-order valence-electron chi connectivity index (χ1n) is 8.70. The van der Waals surface area contributed by atoms with Crippen molar-refractivity contribution in [3.8, 4) is 11.5 Å². The van der Waals surface area contributed by atoms with Crippen LogP contribution in [0.2, 0.25) is 0 Å². The smallest absolute Gasteiger partial charge is 0.363 e.